The monoisotopic (exact) mass is 826 g/mol. The zero-order valence-electron chi connectivity index (χ0n) is 33.5. The molecule has 0 bridgehead atoms. The summed E-state index contributed by atoms with van der Waals surface area (Å²) in [5.41, 5.74) is 27.2. The molecule has 1 aliphatic heterocycles. The molecule has 1 heterocycles. The SMILES string of the molecule is CC(C)C(NC(=O)C(CCCN=C(N)N)NC(=O)CNC(=O)C1CCCN1C(=O)C(N)CO)C(=O)NC(C(=O)NC(CCCN=C(N)N)C(=O)NCC(=O)O)C(C)C. The molecule has 24 nitrogen and oxygen atoms in total. The van der Waals surface area contributed by atoms with E-state index in [1.54, 1.807) is 27.7 Å². The van der Waals surface area contributed by atoms with Crippen molar-refractivity contribution in [2.45, 2.75) is 102 Å². The first kappa shape index (κ1) is 50.2. The molecule has 1 fully saturated rings. The number of carbonyl (C=O) groups is 8. The molecule has 24 heteroatoms. The number of rotatable bonds is 25. The normalized spacial score (nSPS) is 16.1. The van der Waals surface area contributed by atoms with E-state index in [2.05, 4.69) is 41.9 Å². The average molecular weight is 827 g/mol. The number of aliphatic hydroxyl groups excluding tert-OH is 1. The molecule has 1 rings (SSSR count). The summed E-state index contributed by atoms with van der Waals surface area (Å²) in [4.78, 5) is 112. The van der Waals surface area contributed by atoms with Gasteiger partial charge in [0.15, 0.2) is 11.9 Å². The molecule has 0 spiro atoms. The molecule has 18 N–H and O–H groups in total. The maximum atomic E-state index is 13.7. The summed E-state index contributed by atoms with van der Waals surface area (Å²) in [6.07, 6.45) is 1.30. The number of amides is 7. The van der Waals surface area contributed by atoms with Gasteiger partial charge in [-0.3, -0.25) is 48.3 Å². The quantitative estimate of drug-likeness (QED) is 0.0231. The molecule has 0 aromatic heterocycles. The third kappa shape index (κ3) is 18.0. The maximum absolute atomic E-state index is 13.7. The number of aliphatic hydroxyl groups is 1. The molecular formula is C34H62N14O10. The number of carboxylic acids is 1. The van der Waals surface area contributed by atoms with Crippen LogP contribution in [0.1, 0.15) is 66.2 Å². The Hall–Kier alpha value is -5.78. The van der Waals surface area contributed by atoms with Crippen molar-refractivity contribution in [3.05, 3.63) is 0 Å². The largest absolute Gasteiger partial charge is 0.480 e. The minimum atomic E-state index is -1.30. The number of aliphatic carboxylic acids is 1. The van der Waals surface area contributed by atoms with E-state index in [0.29, 0.717) is 12.8 Å². The van der Waals surface area contributed by atoms with Gasteiger partial charge < -0.3 is 75.7 Å². The fraction of sp³-hybridized carbons (Fsp3) is 0.706. The van der Waals surface area contributed by atoms with Crippen LogP contribution in [0.2, 0.25) is 0 Å². The fourth-order valence-electron chi connectivity index (χ4n) is 5.78. The van der Waals surface area contributed by atoms with Gasteiger partial charge in [-0.2, -0.15) is 0 Å². The number of nitrogens with one attached hydrogen (secondary N) is 6. The second-order valence-electron chi connectivity index (χ2n) is 14.3. The topological polar surface area (TPSA) is 407 Å². The lowest BCUT2D eigenvalue weighted by atomic mass is 9.98. The number of carbonyl (C=O) groups excluding carboxylic acids is 7. The number of guanidine groups is 2. The molecular weight excluding hydrogens is 764 g/mol. The standard InChI is InChI=1S/C34H62N14O10/c1-17(2)25(30(56)45-20(8-5-11-40-33(36)37)27(53)43-15-24(51)52)47-31(57)26(18(3)4)46-28(54)21(9-6-12-41-34(38)39)44-23(50)14-42-29(55)22-10-7-13-48(22)32(58)19(35)16-49/h17-22,25-26,49H,5-16,35H2,1-4H3,(H,42,55)(H,43,53)(H,44,50)(H,45,56)(H,46,54)(H,47,57)(H,51,52)(H4,36,37,40)(H4,38,39,41). The van der Waals surface area contributed by atoms with E-state index in [-0.39, 0.29) is 57.2 Å². The van der Waals surface area contributed by atoms with Crippen LogP contribution in [0.15, 0.2) is 9.98 Å². The first-order valence-corrected chi connectivity index (χ1v) is 18.9. The van der Waals surface area contributed by atoms with Crippen LogP contribution >= 0.6 is 0 Å². The Kier molecular flexibility index (Phi) is 22.1. The summed E-state index contributed by atoms with van der Waals surface area (Å²) < 4.78 is 0. The molecule has 0 aromatic rings. The van der Waals surface area contributed by atoms with Crippen molar-refractivity contribution in [1.29, 1.82) is 0 Å². The molecule has 0 radical (unpaired) electrons. The van der Waals surface area contributed by atoms with Crippen LogP contribution in [0, 0.1) is 11.8 Å². The van der Waals surface area contributed by atoms with Gasteiger partial charge >= 0.3 is 5.97 Å². The van der Waals surface area contributed by atoms with Crippen molar-refractivity contribution < 1.29 is 48.6 Å². The predicted octanol–water partition coefficient (Wildman–Crippen LogP) is -6.03. The Morgan fingerprint density at radius 3 is 1.69 bits per heavy atom. The minimum Gasteiger partial charge on any atom is -0.480 e. The number of nitrogens with zero attached hydrogens (tertiary/aromatic N) is 3. The third-order valence-corrected chi connectivity index (χ3v) is 8.86. The maximum Gasteiger partial charge on any atom is 0.322 e. The number of hydrogen-bond acceptors (Lipinski definition) is 12. The van der Waals surface area contributed by atoms with E-state index in [1.165, 1.54) is 4.90 Å². The Morgan fingerprint density at radius 1 is 0.707 bits per heavy atom. The van der Waals surface area contributed by atoms with Crippen molar-refractivity contribution in [2.24, 2.45) is 50.5 Å². The molecule has 1 saturated heterocycles. The Morgan fingerprint density at radius 2 is 1.21 bits per heavy atom. The summed E-state index contributed by atoms with van der Waals surface area (Å²) in [7, 11) is 0. The van der Waals surface area contributed by atoms with Crippen molar-refractivity contribution in [3.63, 3.8) is 0 Å². The number of nitrogens with two attached hydrogens (primary N) is 5. The minimum absolute atomic E-state index is 0.00419. The summed E-state index contributed by atoms with van der Waals surface area (Å²) in [6, 6.07) is -7.01. The van der Waals surface area contributed by atoms with Gasteiger partial charge in [0, 0.05) is 19.6 Å². The second kappa shape index (κ2) is 25.5. The highest BCUT2D eigenvalue weighted by molar-refractivity contribution is 5.97. The van der Waals surface area contributed by atoms with Gasteiger partial charge in [0.05, 0.1) is 13.2 Å². The highest BCUT2D eigenvalue weighted by Gasteiger charge is 2.37. The lowest BCUT2D eigenvalue weighted by Crippen LogP contribution is -2.60. The molecule has 7 amide bonds. The summed E-state index contributed by atoms with van der Waals surface area (Å²) in [6.45, 7) is 5.15. The van der Waals surface area contributed by atoms with E-state index in [0.717, 1.165) is 0 Å². The highest BCUT2D eigenvalue weighted by atomic mass is 16.4. The molecule has 6 unspecified atom stereocenters. The Bertz CT molecular complexity index is 1500. The van der Waals surface area contributed by atoms with Gasteiger partial charge in [0.1, 0.15) is 42.8 Å². The van der Waals surface area contributed by atoms with E-state index in [9.17, 15) is 43.5 Å². The fourth-order valence-corrected chi connectivity index (χ4v) is 5.78. The van der Waals surface area contributed by atoms with Gasteiger partial charge in [-0.1, -0.05) is 27.7 Å². The summed E-state index contributed by atoms with van der Waals surface area (Å²) >= 11 is 0. The van der Waals surface area contributed by atoms with E-state index >= 15 is 0 Å². The van der Waals surface area contributed by atoms with Crippen LogP contribution in [0.4, 0.5) is 0 Å². The molecule has 0 aromatic carbocycles. The van der Waals surface area contributed by atoms with Crippen molar-refractivity contribution in [3.8, 4) is 0 Å². The van der Waals surface area contributed by atoms with Crippen LogP contribution < -0.4 is 60.6 Å². The lowest BCUT2D eigenvalue weighted by Gasteiger charge is -2.29. The van der Waals surface area contributed by atoms with Crippen molar-refractivity contribution in [2.75, 3.05) is 39.3 Å². The second-order valence-corrected chi connectivity index (χ2v) is 14.3. The first-order valence-electron chi connectivity index (χ1n) is 18.9. The van der Waals surface area contributed by atoms with E-state index in [4.69, 9.17) is 33.8 Å². The van der Waals surface area contributed by atoms with Crippen LogP contribution in [0.5, 0.6) is 0 Å². The highest BCUT2D eigenvalue weighted by Crippen LogP contribution is 2.18. The Balaban J connectivity index is 3.13. The molecule has 0 aliphatic carbocycles. The molecule has 0 saturated carbocycles. The summed E-state index contributed by atoms with van der Waals surface area (Å²) in [5, 5.41) is 33.3. The van der Waals surface area contributed by atoms with Crippen LogP contribution in [0.25, 0.3) is 0 Å². The van der Waals surface area contributed by atoms with Gasteiger partial charge in [-0.15, -0.1) is 0 Å². The van der Waals surface area contributed by atoms with E-state index in [1.807, 2.05) is 0 Å². The smallest absolute Gasteiger partial charge is 0.322 e. The van der Waals surface area contributed by atoms with Gasteiger partial charge in [0.2, 0.25) is 41.4 Å². The zero-order chi connectivity index (χ0) is 44.1. The Labute approximate surface area is 336 Å². The molecule has 1 aliphatic rings. The third-order valence-electron chi connectivity index (χ3n) is 8.86. The van der Waals surface area contributed by atoms with Crippen molar-refractivity contribution in [1.82, 2.24) is 36.8 Å². The number of carboxylic acid groups (broad SMARTS) is 1. The molecule has 6 atom stereocenters. The summed E-state index contributed by atoms with van der Waals surface area (Å²) in [5.74, 6) is -7.82. The number of likely N-dealkylation sites (tertiary alicyclic amines) is 1. The van der Waals surface area contributed by atoms with Gasteiger partial charge in [-0.05, 0) is 50.4 Å². The number of aliphatic imine (C=N–C) groups is 2. The van der Waals surface area contributed by atoms with Crippen LogP contribution in [-0.4, -0.2) is 150 Å². The lowest BCUT2D eigenvalue weighted by molar-refractivity contribution is -0.140. The van der Waals surface area contributed by atoms with Crippen LogP contribution in [0.3, 0.4) is 0 Å². The average Bonchev–Trinajstić information content (AvgIpc) is 3.65. The predicted molar refractivity (Wildman–Crippen MR) is 211 cm³/mol. The van der Waals surface area contributed by atoms with Crippen LogP contribution in [-0.2, 0) is 38.4 Å². The van der Waals surface area contributed by atoms with Gasteiger partial charge in [-0.25, -0.2) is 0 Å². The van der Waals surface area contributed by atoms with E-state index < -0.39 is 115 Å². The van der Waals surface area contributed by atoms with Crippen molar-refractivity contribution >= 4 is 59.2 Å². The van der Waals surface area contributed by atoms with Gasteiger partial charge in [0.25, 0.3) is 0 Å². The zero-order valence-corrected chi connectivity index (χ0v) is 33.5. The number of hydrogen-bond donors (Lipinski definition) is 13. The molecule has 328 valence electrons. The first-order chi connectivity index (χ1) is 27.2. The molecule has 58 heavy (non-hydrogen) atoms.